The van der Waals surface area contributed by atoms with Gasteiger partial charge in [-0.3, -0.25) is 9.59 Å². The highest BCUT2D eigenvalue weighted by Gasteiger charge is 2.41. The standard InChI is InChI=1S/C38H56N8O5/c1-7-30-35(48)43(5)31-23-39-36(42-33(31)46(30)28-10-8-9-11-28)41-29-13-12-26(22-32(29)50-6)34(47)40-27-16-18-44(19-17-27)24-25-14-20-45(21-15-25)37(49)51-38(2,3)4/h12-13,22-23,25,27-28,30H,7-11,14-21,24H2,1-6H3,(H,40,47)(H,39,41,42)/t30-/m1/s1. The molecule has 1 aromatic heterocycles. The van der Waals surface area contributed by atoms with Crippen LogP contribution >= 0.6 is 0 Å². The number of hydrogen-bond acceptors (Lipinski definition) is 10. The fourth-order valence-electron chi connectivity index (χ4n) is 8.02. The topological polar surface area (TPSA) is 132 Å². The lowest BCUT2D eigenvalue weighted by Crippen LogP contribution is -2.55. The molecular weight excluding hydrogens is 648 g/mol. The molecule has 13 heteroatoms. The Labute approximate surface area is 302 Å². The van der Waals surface area contributed by atoms with E-state index in [-0.39, 0.29) is 36.0 Å². The third kappa shape index (κ3) is 8.51. The summed E-state index contributed by atoms with van der Waals surface area (Å²) in [6.45, 7) is 12.1. The number of amides is 3. The Morgan fingerprint density at radius 1 is 1.00 bits per heavy atom. The summed E-state index contributed by atoms with van der Waals surface area (Å²) in [7, 11) is 3.38. The van der Waals surface area contributed by atoms with E-state index < -0.39 is 5.60 Å². The fraction of sp³-hybridized carbons (Fsp3) is 0.658. The summed E-state index contributed by atoms with van der Waals surface area (Å²) in [5.74, 6) is 2.22. The maximum Gasteiger partial charge on any atom is 0.410 e. The molecule has 1 saturated carbocycles. The van der Waals surface area contributed by atoms with E-state index in [0.717, 1.165) is 89.9 Å². The number of rotatable bonds is 9. The van der Waals surface area contributed by atoms with Crippen LogP contribution in [0.2, 0.25) is 0 Å². The van der Waals surface area contributed by atoms with Crippen molar-refractivity contribution in [2.24, 2.45) is 5.92 Å². The van der Waals surface area contributed by atoms with Crippen LogP contribution in [0.25, 0.3) is 0 Å². The van der Waals surface area contributed by atoms with Crippen molar-refractivity contribution in [3.8, 4) is 5.75 Å². The summed E-state index contributed by atoms with van der Waals surface area (Å²) < 4.78 is 11.3. The number of ether oxygens (including phenoxy) is 2. The highest BCUT2D eigenvalue weighted by atomic mass is 16.6. The molecule has 4 aliphatic rings. The van der Waals surface area contributed by atoms with Crippen LogP contribution in [0.5, 0.6) is 5.75 Å². The Kier molecular flexibility index (Phi) is 11.2. The van der Waals surface area contributed by atoms with Gasteiger partial charge in [-0.1, -0.05) is 19.8 Å². The minimum absolute atomic E-state index is 0.0799. The SMILES string of the molecule is CC[C@@H]1C(=O)N(C)c2cnc(Nc3ccc(C(=O)NC4CCN(CC5CCN(C(=O)OC(C)(C)C)CC5)CC4)cc3OC)nc2N1C1CCCC1. The third-order valence-corrected chi connectivity index (χ3v) is 10.8. The third-order valence-electron chi connectivity index (χ3n) is 10.8. The number of anilines is 4. The summed E-state index contributed by atoms with van der Waals surface area (Å²) in [4.78, 5) is 56.8. The zero-order valence-corrected chi connectivity index (χ0v) is 31.2. The van der Waals surface area contributed by atoms with Gasteiger partial charge in [-0.25, -0.2) is 9.78 Å². The molecule has 1 atom stereocenters. The summed E-state index contributed by atoms with van der Waals surface area (Å²) >= 11 is 0. The number of likely N-dealkylation sites (tertiary alicyclic amines) is 2. The number of likely N-dealkylation sites (N-methyl/N-ethyl adjacent to an activating group) is 1. The maximum atomic E-state index is 13.4. The number of aromatic nitrogens is 2. The first-order valence-corrected chi connectivity index (χ1v) is 18.8. The van der Waals surface area contributed by atoms with Crippen molar-refractivity contribution in [1.29, 1.82) is 0 Å². The smallest absolute Gasteiger partial charge is 0.410 e. The lowest BCUT2D eigenvalue weighted by molar-refractivity contribution is -0.120. The Bertz CT molecular complexity index is 1560. The number of benzene rings is 1. The number of nitrogens with one attached hydrogen (secondary N) is 2. The van der Waals surface area contributed by atoms with Crippen LogP contribution in [-0.4, -0.2) is 108 Å². The first-order chi connectivity index (χ1) is 24.4. The van der Waals surface area contributed by atoms with Crippen LogP contribution in [0, 0.1) is 5.92 Å². The summed E-state index contributed by atoms with van der Waals surface area (Å²) in [5, 5.41) is 6.54. The molecular formula is C38H56N8O5. The number of nitrogens with zero attached hydrogens (tertiary/aromatic N) is 6. The molecule has 4 heterocycles. The van der Waals surface area contributed by atoms with Crippen molar-refractivity contribution in [3.63, 3.8) is 0 Å². The van der Waals surface area contributed by atoms with E-state index in [9.17, 15) is 14.4 Å². The molecule has 51 heavy (non-hydrogen) atoms. The van der Waals surface area contributed by atoms with Gasteiger partial charge in [0.2, 0.25) is 11.9 Å². The molecule has 3 amide bonds. The lowest BCUT2D eigenvalue weighted by Gasteiger charge is -2.43. The Hall–Kier alpha value is -4.13. The van der Waals surface area contributed by atoms with E-state index in [1.165, 1.54) is 0 Å². The van der Waals surface area contributed by atoms with Gasteiger partial charge in [-0.15, -0.1) is 0 Å². The van der Waals surface area contributed by atoms with Gasteiger partial charge >= 0.3 is 6.09 Å². The largest absolute Gasteiger partial charge is 0.495 e. The minimum atomic E-state index is -0.475. The second kappa shape index (κ2) is 15.6. The van der Waals surface area contributed by atoms with Gasteiger partial charge in [0, 0.05) is 57.4 Å². The minimum Gasteiger partial charge on any atom is -0.495 e. The molecule has 0 spiro atoms. The molecule has 1 aromatic carbocycles. The van der Waals surface area contributed by atoms with Crippen molar-refractivity contribution in [2.75, 3.05) is 62.0 Å². The van der Waals surface area contributed by atoms with Crippen molar-refractivity contribution in [2.45, 2.75) is 109 Å². The van der Waals surface area contributed by atoms with Gasteiger partial charge in [0.1, 0.15) is 23.1 Å². The number of hydrogen-bond donors (Lipinski definition) is 2. The van der Waals surface area contributed by atoms with Crippen molar-refractivity contribution >= 4 is 41.0 Å². The molecule has 3 aliphatic heterocycles. The Balaban J connectivity index is 1.02. The van der Waals surface area contributed by atoms with Gasteiger partial charge in [0.05, 0.1) is 19.0 Å². The highest BCUT2D eigenvalue weighted by Crippen LogP contribution is 2.40. The van der Waals surface area contributed by atoms with Gasteiger partial charge in [-0.2, -0.15) is 4.98 Å². The van der Waals surface area contributed by atoms with E-state index in [4.69, 9.17) is 14.5 Å². The molecule has 2 aromatic rings. The van der Waals surface area contributed by atoms with Gasteiger partial charge < -0.3 is 39.7 Å². The molecule has 3 fully saturated rings. The molecule has 1 aliphatic carbocycles. The van der Waals surface area contributed by atoms with E-state index in [1.807, 2.05) is 31.7 Å². The van der Waals surface area contributed by atoms with Crippen molar-refractivity contribution in [3.05, 3.63) is 30.0 Å². The van der Waals surface area contributed by atoms with Crippen LogP contribution in [-0.2, 0) is 9.53 Å². The monoisotopic (exact) mass is 704 g/mol. The second-order valence-electron chi connectivity index (χ2n) is 15.6. The quantitative estimate of drug-likeness (QED) is 0.341. The van der Waals surface area contributed by atoms with Crippen LogP contribution in [0.1, 0.15) is 95.8 Å². The summed E-state index contributed by atoms with van der Waals surface area (Å²) in [6.07, 6.45) is 10.4. The normalized spacial score (nSPS) is 21.1. The predicted molar refractivity (Wildman–Crippen MR) is 198 cm³/mol. The summed E-state index contributed by atoms with van der Waals surface area (Å²) in [6, 6.07) is 5.51. The van der Waals surface area contributed by atoms with Crippen LogP contribution < -0.4 is 25.2 Å². The van der Waals surface area contributed by atoms with Gasteiger partial charge in [-0.05, 0) is 89.8 Å². The Morgan fingerprint density at radius 3 is 2.35 bits per heavy atom. The maximum absolute atomic E-state index is 13.4. The average molecular weight is 705 g/mol. The number of carbonyl (C=O) groups excluding carboxylic acids is 3. The molecule has 278 valence electrons. The Morgan fingerprint density at radius 2 is 1.71 bits per heavy atom. The first kappa shape index (κ1) is 36.7. The van der Waals surface area contributed by atoms with E-state index in [0.29, 0.717) is 41.0 Å². The average Bonchev–Trinajstić information content (AvgIpc) is 3.65. The molecule has 13 nitrogen and oxygen atoms in total. The number of carbonyl (C=O) groups is 3. The van der Waals surface area contributed by atoms with E-state index in [2.05, 4.69) is 32.3 Å². The van der Waals surface area contributed by atoms with Crippen molar-refractivity contribution in [1.82, 2.24) is 25.1 Å². The first-order valence-electron chi connectivity index (χ1n) is 18.8. The van der Waals surface area contributed by atoms with Gasteiger partial charge in [0.15, 0.2) is 5.82 Å². The zero-order chi connectivity index (χ0) is 36.3. The van der Waals surface area contributed by atoms with Gasteiger partial charge in [0.25, 0.3) is 5.91 Å². The van der Waals surface area contributed by atoms with Crippen molar-refractivity contribution < 1.29 is 23.9 Å². The number of fused-ring (bicyclic) bond motifs is 1. The summed E-state index contributed by atoms with van der Waals surface area (Å²) in [5.41, 5.74) is 1.42. The van der Waals surface area contributed by atoms with Crippen LogP contribution in [0.15, 0.2) is 24.4 Å². The molecule has 2 N–H and O–H groups in total. The lowest BCUT2D eigenvalue weighted by atomic mass is 9.95. The molecule has 0 radical (unpaired) electrons. The molecule has 6 rings (SSSR count). The second-order valence-corrected chi connectivity index (χ2v) is 15.6. The molecule has 0 bridgehead atoms. The fourth-order valence-corrected chi connectivity index (χ4v) is 8.02. The molecule has 2 saturated heterocycles. The predicted octanol–water partition coefficient (Wildman–Crippen LogP) is 5.57. The van der Waals surface area contributed by atoms with E-state index in [1.54, 1.807) is 37.4 Å². The molecule has 0 unspecified atom stereocenters. The van der Waals surface area contributed by atoms with Crippen LogP contribution in [0.4, 0.5) is 27.9 Å². The zero-order valence-electron chi connectivity index (χ0n) is 31.2. The number of piperidine rings is 2. The van der Waals surface area contributed by atoms with Crippen LogP contribution in [0.3, 0.4) is 0 Å². The number of methoxy groups -OCH3 is 1. The van der Waals surface area contributed by atoms with E-state index >= 15 is 0 Å². The highest BCUT2D eigenvalue weighted by molar-refractivity contribution is 6.04.